The zero-order valence-electron chi connectivity index (χ0n) is 17.5. The number of Topliss-reactive ketones (excluding diaryl/α,β-unsaturated/α-hetero) is 1. The molecule has 0 bridgehead atoms. The highest BCUT2D eigenvalue weighted by molar-refractivity contribution is 6.48. The quantitative estimate of drug-likeness (QED) is 0.494. The maximum absolute atomic E-state index is 13.0. The van der Waals surface area contributed by atoms with Crippen molar-refractivity contribution in [2.75, 3.05) is 31.6 Å². The van der Waals surface area contributed by atoms with Gasteiger partial charge in [0.1, 0.15) is 19.8 Å². The van der Waals surface area contributed by atoms with Gasteiger partial charge in [-0.25, -0.2) is 0 Å². The van der Waals surface area contributed by atoms with E-state index in [1.54, 1.807) is 35.0 Å². The Labute approximate surface area is 184 Å². The van der Waals surface area contributed by atoms with Crippen molar-refractivity contribution >= 4 is 34.2 Å². The molecule has 0 spiro atoms. The number of anilines is 1. The predicted molar refractivity (Wildman–Crippen MR) is 118 cm³/mol. The van der Waals surface area contributed by atoms with Gasteiger partial charge >= 0.3 is 0 Å². The fraction of sp³-hybridized carbons (Fsp3) is 0.292. The number of ketones is 1. The second-order valence-corrected chi connectivity index (χ2v) is 7.92. The normalized spacial score (nSPS) is 15.1. The fourth-order valence-electron chi connectivity index (χ4n) is 4.20. The number of aromatic nitrogens is 1. The first-order valence-corrected chi connectivity index (χ1v) is 10.7. The molecule has 0 saturated carbocycles. The molecule has 0 radical (unpaired) electrons. The summed E-state index contributed by atoms with van der Waals surface area (Å²) in [5.74, 6) is -0.272. The highest BCUT2D eigenvalue weighted by atomic mass is 16.6. The zero-order valence-corrected chi connectivity index (χ0v) is 17.5. The van der Waals surface area contributed by atoms with Crippen LogP contribution in [-0.4, -0.2) is 53.4 Å². The first-order chi connectivity index (χ1) is 15.6. The van der Waals surface area contributed by atoms with Crippen LogP contribution in [0.3, 0.4) is 0 Å². The minimum atomic E-state index is -0.754. The molecule has 1 aromatic heterocycles. The highest BCUT2D eigenvalue weighted by Crippen LogP contribution is 2.32. The lowest BCUT2D eigenvalue weighted by Crippen LogP contribution is -2.30. The van der Waals surface area contributed by atoms with E-state index in [1.807, 2.05) is 23.1 Å². The van der Waals surface area contributed by atoms with Crippen LogP contribution in [0.2, 0.25) is 0 Å². The minimum Gasteiger partial charge on any atom is -0.486 e. The first kappa shape index (κ1) is 20.1. The summed E-state index contributed by atoms with van der Waals surface area (Å²) in [5, 5.41) is 3.28. The number of carbonyl (C=O) groups is 3. The summed E-state index contributed by atoms with van der Waals surface area (Å²) >= 11 is 0. The minimum absolute atomic E-state index is 0.0166. The Morgan fingerprint density at radius 2 is 1.69 bits per heavy atom. The molecule has 1 N–H and O–H groups in total. The van der Waals surface area contributed by atoms with E-state index in [2.05, 4.69) is 5.32 Å². The highest BCUT2D eigenvalue weighted by Gasteiger charge is 2.24. The van der Waals surface area contributed by atoms with Crippen LogP contribution in [0.15, 0.2) is 48.7 Å². The number of fused-ring (bicyclic) bond motifs is 2. The van der Waals surface area contributed by atoms with Gasteiger partial charge in [0.25, 0.3) is 11.7 Å². The predicted octanol–water partition coefficient (Wildman–Crippen LogP) is 2.86. The molecule has 2 amide bonds. The van der Waals surface area contributed by atoms with Gasteiger partial charge in [0.05, 0.1) is 5.56 Å². The largest absolute Gasteiger partial charge is 0.486 e. The van der Waals surface area contributed by atoms with Crippen LogP contribution in [0.1, 0.15) is 23.2 Å². The molecule has 164 valence electrons. The smallest absolute Gasteiger partial charge is 0.296 e. The van der Waals surface area contributed by atoms with Gasteiger partial charge in [-0.15, -0.1) is 0 Å². The molecule has 32 heavy (non-hydrogen) atoms. The van der Waals surface area contributed by atoms with E-state index in [0.29, 0.717) is 35.8 Å². The third-order valence-corrected chi connectivity index (χ3v) is 5.80. The number of hydrogen-bond donors (Lipinski definition) is 1. The average molecular weight is 433 g/mol. The molecule has 0 unspecified atom stereocenters. The summed E-state index contributed by atoms with van der Waals surface area (Å²) in [6.07, 6.45) is 3.63. The molecule has 2 aliphatic rings. The number of hydrogen-bond acceptors (Lipinski definition) is 5. The van der Waals surface area contributed by atoms with Gasteiger partial charge in [0.2, 0.25) is 5.91 Å². The number of amides is 2. The van der Waals surface area contributed by atoms with E-state index in [1.165, 1.54) is 0 Å². The Bertz CT molecular complexity index is 1210. The van der Waals surface area contributed by atoms with Crippen molar-refractivity contribution in [2.24, 2.45) is 0 Å². The first-order valence-electron chi connectivity index (χ1n) is 10.7. The summed E-state index contributed by atoms with van der Waals surface area (Å²) < 4.78 is 12.8. The molecule has 3 heterocycles. The topological polar surface area (TPSA) is 89.9 Å². The number of ether oxygens (including phenoxy) is 2. The number of nitrogens with one attached hydrogen (secondary N) is 1. The van der Waals surface area contributed by atoms with Gasteiger partial charge in [-0.3, -0.25) is 14.4 Å². The van der Waals surface area contributed by atoms with Gasteiger partial charge in [-0.2, -0.15) is 0 Å². The monoisotopic (exact) mass is 433 g/mol. The second-order valence-electron chi connectivity index (χ2n) is 7.92. The van der Waals surface area contributed by atoms with Crippen molar-refractivity contribution in [1.29, 1.82) is 0 Å². The molecular formula is C24H23N3O5. The summed E-state index contributed by atoms with van der Waals surface area (Å²) in [5.41, 5.74) is 1.46. The van der Waals surface area contributed by atoms with Gasteiger partial charge in [-0.05, 0) is 31.0 Å². The third kappa shape index (κ3) is 3.79. The molecular weight excluding hydrogens is 410 g/mol. The molecule has 3 aromatic rings. The van der Waals surface area contributed by atoms with E-state index < -0.39 is 11.7 Å². The molecule has 8 nitrogen and oxygen atoms in total. The lowest BCUT2D eigenvalue weighted by Gasteiger charge is -2.18. The van der Waals surface area contributed by atoms with Crippen LogP contribution < -0.4 is 14.8 Å². The van der Waals surface area contributed by atoms with E-state index in [0.717, 1.165) is 31.4 Å². The van der Waals surface area contributed by atoms with Crippen molar-refractivity contribution in [3.05, 3.63) is 54.2 Å². The van der Waals surface area contributed by atoms with Crippen LogP contribution in [0, 0.1) is 0 Å². The van der Waals surface area contributed by atoms with Crippen LogP contribution in [0.5, 0.6) is 11.5 Å². The molecule has 0 aliphatic carbocycles. The maximum atomic E-state index is 13.0. The summed E-state index contributed by atoms with van der Waals surface area (Å²) in [7, 11) is 0. The lowest BCUT2D eigenvalue weighted by molar-refractivity contribution is -0.130. The van der Waals surface area contributed by atoms with Gasteiger partial charge < -0.3 is 24.3 Å². The van der Waals surface area contributed by atoms with Crippen molar-refractivity contribution < 1.29 is 23.9 Å². The number of benzene rings is 2. The van der Waals surface area contributed by atoms with Crippen molar-refractivity contribution in [3.8, 4) is 11.5 Å². The van der Waals surface area contributed by atoms with Crippen LogP contribution in [0.4, 0.5) is 5.69 Å². The third-order valence-electron chi connectivity index (χ3n) is 5.80. The summed E-state index contributed by atoms with van der Waals surface area (Å²) in [6, 6.07) is 12.3. The maximum Gasteiger partial charge on any atom is 0.296 e. The molecule has 1 fully saturated rings. The van der Waals surface area contributed by atoms with E-state index >= 15 is 0 Å². The average Bonchev–Trinajstić information content (AvgIpc) is 3.47. The number of para-hydroxylation sites is 1. The second kappa shape index (κ2) is 8.37. The number of carbonyl (C=O) groups excluding carboxylic acids is 3. The summed E-state index contributed by atoms with van der Waals surface area (Å²) in [4.78, 5) is 40.3. The van der Waals surface area contributed by atoms with E-state index in [4.69, 9.17) is 9.47 Å². The Kier molecular flexibility index (Phi) is 5.26. The lowest BCUT2D eigenvalue weighted by atomic mass is 10.1. The Balaban J connectivity index is 1.38. The zero-order chi connectivity index (χ0) is 22.1. The van der Waals surface area contributed by atoms with Crippen molar-refractivity contribution in [2.45, 2.75) is 19.4 Å². The van der Waals surface area contributed by atoms with Crippen molar-refractivity contribution in [1.82, 2.24) is 9.47 Å². The Morgan fingerprint density at radius 1 is 0.938 bits per heavy atom. The van der Waals surface area contributed by atoms with Crippen LogP contribution in [-0.2, 0) is 16.1 Å². The summed E-state index contributed by atoms with van der Waals surface area (Å²) in [6.45, 7) is 2.57. The fourth-order valence-corrected chi connectivity index (χ4v) is 4.20. The van der Waals surface area contributed by atoms with Crippen LogP contribution >= 0.6 is 0 Å². The molecule has 2 aliphatic heterocycles. The Hall–Kier alpha value is -3.81. The van der Waals surface area contributed by atoms with Crippen LogP contribution in [0.25, 0.3) is 10.9 Å². The van der Waals surface area contributed by atoms with E-state index in [9.17, 15) is 14.4 Å². The molecule has 2 aromatic carbocycles. The number of nitrogens with zero attached hydrogens (tertiary/aromatic N) is 2. The molecule has 1 saturated heterocycles. The van der Waals surface area contributed by atoms with E-state index in [-0.39, 0.29) is 18.0 Å². The Morgan fingerprint density at radius 3 is 2.50 bits per heavy atom. The number of likely N-dealkylation sites (tertiary alicyclic amines) is 1. The molecule has 8 heteroatoms. The molecule has 0 atom stereocenters. The SMILES string of the molecule is O=C(Nc1ccc2c(c1)OCCO2)C(=O)c1cn(CC(=O)N2CCCC2)c2ccccc12. The van der Waals surface area contributed by atoms with Gasteiger partial charge in [0.15, 0.2) is 11.5 Å². The molecule has 5 rings (SSSR count). The number of rotatable bonds is 5. The van der Waals surface area contributed by atoms with Gasteiger partial charge in [-0.1, -0.05) is 18.2 Å². The standard InChI is InChI=1S/C24H23N3O5/c28-22(26-9-3-4-10-26)15-27-14-18(17-5-1-2-6-19(17)27)23(29)24(30)25-16-7-8-20-21(13-16)32-12-11-31-20/h1-2,5-8,13-14H,3-4,9-12,15H2,(H,25,30). The van der Waals surface area contributed by atoms with Crippen molar-refractivity contribution in [3.63, 3.8) is 0 Å². The van der Waals surface area contributed by atoms with Gasteiger partial charge in [0, 0.05) is 41.9 Å².